The van der Waals surface area contributed by atoms with Crippen LogP contribution >= 0.6 is 0 Å². The fourth-order valence-corrected chi connectivity index (χ4v) is 1.56. The molecule has 100 valence electrons. The fourth-order valence-electron chi connectivity index (χ4n) is 1.56. The molecule has 0 heterocycles. The molecule has 0 aliphatic rings. The Bertz CT molecular complexity index is 376. The predicted octanol–water partition coefficient (Wildman–Crippen LogP) is 2.40. The van der Waals surface area contributed by atoms with Crippen molar-refractivity contribution in [3.63, 3.8) is 0 Å². The molecule has 0 aliphatic carbocycles. The first-order valence-corrected chi connectivity index (χ1v) is 6.30. The van der Waals surface area contributed by atoms with Crippen molar-refractivity contribution in [2.24, 2.45) is 11.7 Å². The molecule has 1 aromatic carbocycles. The van der Waals surface area contributed by atoms with E-state index in [1.165, 1.54) is 0 Å². The van der Waals surface area contributed by atoms with E-state index >= 15 is 0 Å². The van der Waals surface area contributed by atoms with Crippen molar-refractivity contribution in [3.05, 3.63) is 24.3 Å². The highest BCUT2D eigenvalue weighted by Crippen LogP contribution is 2.18. The number of amides is 1. The molecule has 4 nitrogen and oxygen atoms in total. The zero-order valence-corrected chi connectivity index (χ0v) is 11.3. The van der Waals surface area contributed by atoms with E-state index in [1.807, 2.05) is 24.3 Å². The highest BCUT2D eigenvalue weighted by molar-refractivity contribution is 5.75. The third-order valence-corrected chi connectivity index (χ3v) is 3.13. The summed E-state index contributed by atoms with van der Waals surface area (Å²) >= 11 is 0. The maximum Gasteiger partial charge on any atom is 0.255 e. The summed E-state index contributed by atoms with van der Waals surface area (Å²) in [5.74, 6) is 0.800. The number of rotatable bonds is 7. The topological polar surface area (TPSA) is 64.3 Å². The number of hydrogen-bond donors (Lipinski definition) is 2. The molecule has 2 atom stereocenters. The standard InChI is InChI=1S/C14H22N2O2/c1-4-10(2)11(3)16-12-5-7-13(8-6-12)18-9-14(15)17/h5-8,10-11,16H,4,9H2,1-3H3,(H2,15,17). The van der Waals surface area contributed by atoms with Crippen molar-refractivity contribution < 1.29 is 9.53 Å². The molecule has 0 aromatic heterocycles. The van der Waals surface area contributed by atoms with Crippen LogP contribution in [0.25, 0.3) is 0 Å². The molecule has 2 unspecified atom stereocenters. The van der Waals surface area contributed by atoms with E-state index in [0.29, 0.717) is 17.7 Å². The van der Waals surface area contributed by atoms with E-state index in [0.717, 1.165) is 12.1 Å². The lowest BCUT2D eigenvalue weighted by atomic mass is 10.0. The van der Waals surface area contributed by atoms with Crippen LogP contribution in [-0.4, -0.2) is 18.6 Å². The molecule has 18 heavy (non-hydrogen) atoms. The van der Waals surface area contributed by atoms with Crippen LogP contribution in [0.1, 0.15) is 27.2 Å². The second kappa shape index (κ2) is 6.89. The quantitative estimate of drug-likeness (QED) is 0.781. The average molecular weight is 250 g/mol. The lowest BCUT2D eigenvalue weighted by Crippen LogP contribution is -2.23. The minimum Gasteiger partial charge on any atom is -0.484 e. The molecule has 0 aliphatic heterocycles. The lowest BCUT2D eigenvalue weighted by molar-refractivity contribution is -0.119. The van der Waals surface area contributed by atoms with Gasteiger partial charge in [0.2, 0.25) is 0 Å². The summed E-state index contributed by atoms with van der Waals surface area (Å²) in [5.41, 5.74) is 6.06. The van der Waals surface area contributed by atoms with E-state index < -0.39 is 5.91 Å². The van der Waals surface area contributed by atoms with Gasteiger partial charge in [0.15, 0.2) is 6.61 Å². The molecule has 1 rings (SSSR count). The van der Waals surface area contributed by atoms with Crippen LogP contribution < -0.4 is 15.8 Å². The van der Waals surface area contributed by atoms with Crippen molar-refractivity contribution in [2.45, 2.75) is 33.2 Å². The molecule has 3 N–H and O–H groups in total. The largest absolute Gasteiger partial charge is 0.484 e. The summed E-state index contributed by atoms with van der Waals surface area (Å²) in [6, 6.07) is 7.96. The van der Waals surface area contributed by atoms with Crippen molar-refractivity contribution in [3.8, 4) is 5.75 Å². The van der Waals surface area contributed by atoms with Crippen LogP contribution in [0.15, 0.2) is 24.3 Å². The maximum absolute atomic E-state index is 10.6. The number of carbonyl (C=O) groups is 1. The number of nitrogens with two attached hydrogens (primary N) is 1. The van der Waals surface area contributed by atoms with Gasteiger partial charge < -0.3 is 15.8 Å². The first-order chi connectivity index (χ1) is 8.52. The average Bonchev–Trinajstić information content (AvgIpc) is 2.36. The van der Waals surface area contributed by atoms with Crippen molar-refractivity contribution >= 4 is 11.6 Å². The molecule has 0 fully saturated rings. The molecular formula is C14H22N2O2. The van der Waals surface area contributed by atoms with Crippen LogP contribution in [0.2, 0.25) is 0 Å². The number of primary amides is 1. The Morgan fingerprint density at radius 2 is 1.94 bits per heavy atom. The third kappa shape index (κ3) is 4.65. The number of benzene rings is 1. The molecule has 0 spiro atoms. The molecule has 0 bridgehead atoms. The Labute approximate surface area is 109 Å². The smallest absolute Gasteiger partial charge is 0.255 e. The van der Waals surface area contributed by atoms with Crippen LogP contribution in [0.3, 0.4) is 0 Å². The normalized spacial score (nSPS) is 13.7. The van der Waals surface area contributed by atoms with Crippen LogP contribution in [0, 0.1) is 5.92 Å². The molecule has 1 amide bonds. The Kier molecular flexibility index (Phi) is 5.49. The van der Waals surface area contributed by atoms with Crippen molar-refractivity contribution in [1.29, 1.82) is 0 Å². The molecule has 0 radical (unpaired) electrons. The minimum absolute atomic E-state index is 0.0873. The first kappa shape index (κ1) is 14.4. The Morgan fingerprint density at radius 1 is 1.33 bits per heavy atom. The van der Waals surface area contributed by atoms with E-state index in [4.69, 9.17) is 10.5 Å². The monoisotopic (exact) mass is 250 g/mol. The number of anilines is 1. The summed E-state index contributed by atoms with van der Waals surface area (Å²) in [7, 11) is 0. The van der Waals surface area contributed by atoms with E-state index in [2.05, 4.69) is 26.1 Å². The second-order valence-electron chi connectivity index (χ2n) is 4.60. The number of nitrogens with one attached hydrogen (secondary N) is 1. The first-order valence-electron chi connectivity index (χ1n) is 6.30. The number of ether oxygens (including phenoxy) is 1. The van der Waals surface area contributed by atoms with Crippen LogP contribution in [0.5, 0.6) is 5.75 Å². The van der Waals surface area contributed by atoms with Gasteiger partial charge in [0.25, 0.3) is 5.91 Å². The summed E-state index contributed by atoms with van der Waals surface area (Å²) in [5, 5.41) is 3.44. The number of hydrogen-bond acceptors (Lipinski definition) is 3. The molecule has 0 saturated carbocycles. The Morgan fingerprint density at radius 3 is 2.44 bits per heavy atom. The maximum atomic E-state index is 10.6. The van der Waals surface area contributed by atoms with Crippen LogP contribution in [-0.2, 0) is 4.79 Å². The lowest BCUT2D eigenvalue weighted by Gasteiger charge is -2.21. The number of carbonyl (C=O) groups excluding carboxylic acids is 1. The predicted molar refractivity (Wildman–Crippen MR) is 73.7 cm³/mol. The zero-order valence-electron chi connectivity index (χ0n) is 11.3. The van der Waals surface area contributed by atoms with Crippen molar-refractivity contribution in [2.75, 3.05) is 11.9 Å². The van der Waals surface area contributed by atoms with E-state index in [1.54, 1.807) is 0 Å². The molecular weight excluding hydrogens is 228 g/mol. The van der Waals surface area contributed by atoms with E-state index in [-0.39, 0.29) is 6.61 Å². The Hall–Kier alpha value is -1.71. The third-order valence-electron chi connectivity index (χ3n) is 3.13. The van der Waals surface area contributed by atoms with Gasteiger partial charge in [0.1, 0.15) is 5.75 Å². The van der Waals surface area contributed by atoms with Crippen molar-refractivity contribution in [1.82, 2.24) is 0 Å². The zero-order chi connectivity index (χ0) is 13.5. The van der Waals surface area contributed by atoms with Gasteiger partial charge in [-0.15, -0.1) is 0 Å². The fraction of sp³-hybridized carbons (Fsp3) is 0.500. The van der Waals surface area contributed by atoms with E-state index in [9.17, 15) is 4.79 Å². The van der Waals surface area contributed by atoms with Gasteiger partial charge in [-0.2, -0.15) is 0 Å². The van der Waals surface area contributed by atoms with Gasteiger partial charge in [0.05, 0.1) is 0 Å². The van der Waals surface area contributed by atoms with Gasteiger partial charge in [-0.1, -0.05) is 20.3 Å². The summed E-state index contributed by atoms with van der Waals surface area (Å²) in [6.07, 6.45) is 1.15. The summed E-state index contributed by atoms with van der Waals surface area (Å²) < 4.78 is 5.19. The summed E-state index contributed by atoms with van der Waals surface area (Å²) in [4.78, 5) is 10.6. The van der Waals surface area contributed by atoms with Crippen LogP contribution in [0.4, 0.5) is 5.69 Å². The molecule has 4 heteroatoms. The van der Waals surface area contributed by atoms with Gasteiger partial charge in [-0.25, -0.2) is 0 Å². The highest BCUT2D eigenvalue weighted by Gasteiger charge is 2.09. The van der Waals surface area contributed by atoms with Gasteiger partial charge in [-0.3, -0.25) is 4.79 Å². The minimum atomic E-state index is -0.470. The SMILES string of the molecule is CCC(C)C(C)Nc1ccc(OCC(N)=O)cc1. The summed E-state index contributed by atoms with van der Waals surface area (Å²) in [6.45, 7) is 6.49. The Balaban J connectivity index is 2.52. The van der Waals surface area contributed by atoms with Gasteiger partial charge in [-0.05, 0) is 37.1 Å². The van der Waals surface area contributed by atoms with Gasteiger partial charge in [0, 0.05) is 11.7 Å². The second-order valence-corrected chi connectivity index (χ2v) is 4.60. The highest BCUT2D eigenvalue weighted by atomic mass is 16.5. The molecule has 1 aromatic rings. The molecule has 0 saturated heterocycles. The van der Waals surface area contributed by atoms with Gasteiger partial charge >= 0.3 is 0 Å².